The molecule has 1 rings (SSSR count). The zero-order chi connectivity index (χ0) is 13.4. The zero-order valence-electron chi connectivity index (χ0n) is 10.2. The van der Waals surface area contributed by atoms with E-state index in [0.29, 0.717) is 16.5 Å². The second kappa shape index (κ2) is 7.94. The molecule has 0 aliphatic heterocycles. The molecule has 0 saturated carbocycles. The van der Waals surface area contributed by atoms with E-state index >= 15 is 0 Å². The summed E-state index contributed by atoms with van der Waals surface area (Å²) in [6.07, 6.45) is 4.38. The number of allylic oxidation sites excluding steroid dienone is 1. The van der Waals surface area contributed by atoms with E-state index in [2.05, 4.69) is 34.3 Å². The van der Waals surface area contributed by atoms with E-state index in [1.807, 2.05) is 0 Å². The molecule has 0 fully saturated rings. The van der Waals surface area contributed by atoms with Gasteiger partial charge in [0.2, 0.25) is 0 Å². The van der Waals surface area contributed by atoms with Crippen LogP contribution in [0.2, 0.25) is 0 Å². The Hall–Kier alpha value is -1.27. The lowest BCUT2D eigenvalue weighted by molar-refractivity contribution is 0.384. The number of benzene rings is 1. The average Bonchev–Trinajstić information content (AvgIpc) is 2.32. The van der Waals surface area contributed by atoms with Crippen molar-refractivity contribution in [2.45, 2.75) is 32.1 Å². The number of rotatable bonds is 5. The van der Waals surface area contributed by atoms with Gasteiger partial charge in [0.25, 0.3) is 0 Å². The summed E-state index contributed by atoms with van der Waals surface area (Å²) in [6.45, 7) is 3.43. The molecule has 0 bridgehead atoms. The summed E-state index contributed by atoms with van der Waals surface area (Å²) in [5.41, 5.74) is 0.694. The summed E-state index contributed by atoms with van der Waals surface area (Å²) in [4.78, 5) is 0. The Bertz CT molecular complexity index is 471. The average molecular weight is 311 g/mol. The number of hydrogen-bond acceptors (Lipinski definition) is 1. The summed E-state index contributed by atoms with van der Waals surface area (Å²) < 4.78 is 13.6. The molecule has 1 aromatic rings. The van der Waals surface area contributed by atoms with Crippen LogP contribution in [0.15, 0.2) is 35.0 Å². The van der Waals surface area contributed by atoms with Crippen LogP contribution in [0, 0.1) is 17.7 Å². The first-order valence-electron chi connectivity index (χ1n) is 5.90. The van der Waals surface area contributed by atoms with Crippen molar-refractivity contribution in [1.29, 1.82) is 0 Å². The Balaban J connectivity index is 2.29. The molecule has 1 nitrogen and oxygen atoms in total. The molecule has 0 aliphatic rings. The van der Waals surface area contributed by atoms with Gasteiger partial charge in [0.05, 0.1) is 10.2 Å². The van der Waals surface area contributed by atoms with Crippen molar-refractivity contribution < 1.29 is 9.50 Å². The monoisotopic (exact) mass is 310 g/mol. The van der Waals surface area contributed by atoms with E-state index in [0.717, 1.165) is 25.7 Å². The predicted octanol–water partition coefficient (Wildman–Crippen LogP) is 4.96. The van der Waals surface area contributed by atoms with Crippen molar-refractivity contribution in [3.63, 3.8) is 0 Å². The first kappa shape index (κ1) is 14.8. The first-order valence-corrected chi connectivity index (χ1v) is 6.69. The summed E-state index contributed by atoms with van der Waals surface area (Å²) >= 11 is 3.10. The Morgan fingerprint density at radius 3 is 2.78 bits per heavy atom. The molecule has 0 aromatic heterocycles. The van der Waals surface area contributed by atoms with Gasteiger partial charge < -0.3 is 5.11 Å². The molecule has 1 aromatic carbocycles. The van der Waals surface area contributed by atoms with Crippen molar-refractivity contribution in [3.05, 3.63) is 46.4 Å². The van der Waals surface area contributed by atoms with Crippen LogP contribution < -0.4 is 0 Å². The van der Waals surface area contributed by atoms with Crippen molar-refractivity contribution in [2.75, 3.05) is 0 Å². The summed E-state index contributed by atoms with van der Waals surface area (Å²) in [6, 6.07) is 4.87. The molecule has 0 unspecified atom stereocenters. The van der Waals surface area contributed by atoms with Crippen LogP contribution in [0.4, 0.5) is 4.39 Å². The maximum absolute atomic E-state index is 13.2. The molecule has 0 amide bonds. The van der Waals surface area contributed by atoms with Gasteiger partial charge in [-0.25, -0.2) is 4.39 Å². The van der Waals surface area contributed by atoms with Gasteiger partial charge in [-0.3, -0.25) is 0 Å². The SMILES string of the molecule is C=C(O)CCCCCC#Cc1ccc(Br)c(F)c1. The van der Waals surface area contributed by atoms with E-state index in [-0.39, 0.29) is 11.6 Å². The molecular weight excluding hydrogens is 295 g/mol. The largest absolute Gasteiger partial charge is 0.513 e. The number of aliphatic hydroxyl groups excluding tert-OH is 1. The van der Waals surface area contributed by atoms with Crippen LogP contribution in [0.25, 0.3) is 0 Å². The maximum atomic E-state index is 13.2. The number of unbranched alkanes of at least 4 members (excludes halogenated alkanes) is 3. The number of halogens is 2. The maximum Gasteiger partial charge on any atom is 0.138 e. The number of aliphatic hydroxyl groups is 1. The number of hydrogen-bond donors (Lipinski definition) is 1. The molecule has 0 aliphatic carbocycles. The molecule has 1 N–H and O–H groups in total. The fraction of sp³-hybridized carbons (Fsp3) is 0.333. The van der Waals surface area contributed by atoms with E-state index in [9.17, 15) is 4.39 Å². The van der Waals surface area contributed by atoms with Gasteiger partial charge in [0.1, 0.15) is 5.82 Å². The Morgan fingerprint density at radius 1 is 1.33 bits per heavy atom. The standard InChI is InChI=1S/C15H16BrFO/c1-12(18)7-5-3-2-4-6-8-13-9-10-14(16)15(17)11-13/h9-11,18H,1-5,7H2. The second-order valence-corrected chi connectivity index (χ2v) is 4.91. The fourth-order valence-corrected chi connectivity index (χ4v) is 1.70. The van der Waals surface area contributed by atoms with Crippen molar-refractivity contribution >= 4 is 15.9 Å². The van der Waals surface area contributed by atoms with E-state index in [1.165, 1.54) is 6.07 Å². The van der Waals surface area contributed by atoms with Crippen LogP contribution in [0.1, 0.15) is 37.7 Å². The highest BCUT2D eigenvalue weighted by Gasteiger charge is 1.97. The Labute approximate surface area is 116 Å². The van der Waals surface area contributed by atoms with Gasteiger partial charge in [0, 0.05) is 18.4 Å². The van der Waals surface area contributed by atoms with Crippen molar-refractivity contribution in [1.82, 2.24) is 0 Å². The van der Waals surface area contributed by atoms with Gasteiger partial charge >= 0.3 is 0 Å². The highest BCUT2D eigenvalue weighted by atomic mass is 79.9. The van der Waals surface area contributed by atoms with Crippen molar-refractivity contribution in [3.8, 4) is 11.8 Å². The molecule has 0 saturated heterocycles. The smallest absolute Gasteiger partial charge is 0.138 e. The quantitative estimate of drug-likeness (QED) is 0.463. The molecule has 3 heteroatoms. The highest BCUT2D eigenvalue weighted by molar-refractivity contribution is 9.10. The summed E-state index contributed by atoms with van der Waals surface area (Å²) in [5.74, 6) is 5.91. The van der Waals surface area contributed by atoms with E-state index in [1.54, 1.807) is 12.1 Å². The van der Waals surface area contributed by atoms with Crippen LogP contribution in [0.5, 0.6) is 0 Å². The molecule has 0 heterocycles. The van der Waals surface area contributed by atoms with Gasteiger partial charge in [-0.2, -0.15) is 0 Å². The Morgan fingerprint density at radius 2 is 2.11 bits per heavy atom. The lowest BCUT2D eigenvalue weighted by Crippen LogP contribution is -1.82. The molecule has 0 atom stereocenters. The van der Waals surface area contributed by atoms with Crippen LogP contribution in [-0.2, 0) is 0 Å². The molecule has 0 radical (unpaired) electrons. The minimum absolute atomic E-state index is 0.242. The predicted molar refractivity (Wildman–Crippen MR) is 75.8 cm³/mol. The topological polar surface area (TPSA) is 20.2 Å². The Kier molecular flexibility index (Phi) is 6.53. The third-order valence-corrected chi connectivity index (χ3v) is 3.06. The molecule has 96 valence electrons. The third-order valence-electron chi connectivity index (χ3n) is 2.42. The van der Waals surface area contributed by atoms with Gasteiger partial charge in [-0.1, -0.05) is 24.8 Å². The van der Waals surface area contributed by atoms with Crippen LogP contribution in [0.3, 0.4) is 0 Å². The minimum Gasteiger partial charge on any atom is -0.513 e. The lowest BCUT2D eigenvalue weighted by atomic mass is 10.1. The summed E-state index contributed by atoms with van der Waals surface area (Å²) in [7, 11) is 0. The van der Waals surface area contributed by atoms with Crippen LogP contribution >= 0.6 is 15.9 Å². The fourth-order valence-electron chi connectivity index (χ4n) is 1.46. The van der Waals surface area contributed by atoms with Crippen molar-refractivity contribution in [2.24, 2.45) is 0 Å². The zero-order valence-corrected chi connectivity index (χ0v) is 11.8. The normalized spacial score (nSPS) is 9.67. The van der Waals surface area contributed by atoms with Gasteiger partial charge in [0.15, 0.2) is 0 Å². The molecule has 0 spiro atoms. The van der Waals surface area contributed by atoms with Gasteiger partial charge in [-0.05, 0) is 47.0 Å². The molecular formula is C15H16BrFO. The van der Waals surface area contributed by atoms with E-state index in [4.69, 9.17) is 5.11 Å². The first-order chi connectivity index (χ1) is 8.59. The van der Waals surface area contributed by atoms with E-state index < -0.39 is 0 Å². The van der Waals surface area contributed by atoms with Crippen LogP contribution in [-0.4, -0.2) is 5.11 Å². The highest BCUT2D eigenvalue weighted by Crippen LogP contribution is 2.15. The van der Waals surface area contributed by atoms with Gasteiger partial charge in [-0.15, -0.1) is 0 Å². The second-order valence-electron chi connectivity index (χ2n) is 4.06. The lowest BCUT2D eigenvalue weighted by Gasteiger charge is -1.97. The molecule has 18 heavy (non-hydrogen) atoms. The third kappa shape index (κ3) is 5.88. The minimum atomic E-state index is -0.289. The summed E-state index contributed by atoms with van der Waals surface area (Å²) in [5, 5.41) is 8.89.